The van der Waals surface area contributed by atoms with Gasteiger partial charge < -0.3 is 10.3 Å². The van der Waals surface area contributed by atoms with E-state index in [0.717, 1.165) is 6.42 Å². The van der Waals surface area contributed by atoms with E-state index < -0.39 is 0 Å². The highest BCUT2D eigenvalue weighted by molar-refractivity contribution is 6.36. The quantitative estimate of drug-likeness (QED) is 0.502. The Morgan fingerprint density at radius 1 is 1.18 bits per heavy atom. The molecule has 2 atom stereocenters. The molecule has 3 nitrogen and oxygen atoms in total. The zero-order chi connectivity index (χ0) is 20.1. The van der Waals surface area contributed by atoms with Crippen molar-refractivity contribution in [1.29, 1.82) is 0 Å². The van der Waals surface area contributed by atoms with Gasteiger partial charge in [-0.2, -0.15) is 0 Å². The molecule has 3 aromatic rings. The van der Waals surface area contributed by atoms with Crippen LogP contribution in [0.1, 0.15) is 47.8 Å². The zero-order valence-electron chi connectivity index (χ0n) is 16.3. The van der Waals surface area contributed by atoms with Crippen LogP contribution in [0.25, 0.3) is 10.9 Å². The normalized spacial score (nSPS) is 20.3. The highest BCUT2D eigenvalue weighted by Crippen LogP contribution is 2.67. The van der Waals surface area contributed by atoms with Gasteiger partial charge in [0.15, 0.2) is 0 Å². The molecule has 1 heterocycles. The van der Waals surface area contributed by atoms with E-state index in [4.69, 9.17) is 23.2 Å². The minimum Gasteiger partial charge on any atom is -0.358 e. The maximum atomic E-state index is 12.4. The van der Waals surface area contributed by atoms with Gasteiger partial charge in [0.2, 0.25) is 0 Å². The Kier molecular flexibility index (Phi) is 4.93. The van der Waals surface area contributed by atoms with Crippen molar-refractivity contribution in [3.05, 3.63) is 69.3 Å². The van der Waals surface area contributed by atoms with Crippen LogP contribution in [-0.4, -0.2) is 17.4 Å². The van der Waals surface area contributed by atoms with E-state index in [1.165, 1.54) is 22.2 Å². The van der Waals surface area contributed by atoms with Crippen molar-refractivity contribution < 1.29 is 4.79 Å². The molecule has 1 aromatic heterocycles. The Balaban J connectivity index is 1.44. The molecule has 146 valence electrons. The second-order valence-corrected chi connectivity index (χ2v) is 9.13. The van der Waals surface area contributed by atoms with Crippen molar-refractivity contribution in [2.45, 2.75) is 33.1 Å². The number of nitrogens with one attached hydrogen (secondary N) is 2. The topological polar surface area (TPSA) is 44.9 Å². The summed E-state index contributed by atoms with van der Waals surface area (Å²) in [5.41, 5.74) is 4.56. The van der Waals surface area contributed by atoms with E-state index >= 15 is 0 Å². The molecule has 28 heavy (non-hydrogen) atoms. The monoisotopic (exact) mass is 414 g/mol. The Morgan fingerprint density at radius 3 is 2.68 bits per heavy atom. The van der Waals surface area contributed by atoms with E-state index in [0.29, 0.717) is 34.0 Å². The number of hydrogen-bond acceptors (Lipinski definition) is 1. The first-order valence-corrected chi connectivity index (χ1v) is 10.4. The van der Waals surface area contributed by atoms with Gasteiger partial charge in [0, 0.05) is 28.2 Å². The van der Waals surface area contributed by atoms with Gasteiger partial charge >= 0.3 is 0 Å². The van der Waals surface area contributed by atoms with Crippen LogP contribution in [0.5, 0.6) is 0 Å². The number of fused-ring (bicyclic) bond motifs is 1. The molecule has 0 bridgehead atoms. The Morgan fingerprint density at radius 2 is 1.93 bits per heavy atom. The lowest BCUT2D eigenvalue weighted by atomic mass is 10.0. The van der Waals surface area contributed by atoms with E-state index in [1.54, 1.807) is 18.2 Å². The first-order chi connectivity index (χ1) is 13.3. The summed E-state index contributed by atoms with van der Waals surface area (Å²) in [7, 11) is 0. The second kappa shape index (κ2) is 7.13. The first-order valence-electron chi connectivity index (χ1n) is 9.61. The molecule has 2 aromatic carbocycles. The average molecular weight is 415 g/mol. The van der Waals surface area contributed by atoms with Crippen LogP contribution in [-0.2, 0) is 0 Å². The number of hydrogen-bond donors (Lipinski definition) is 2. The number of aromatic nitrogens is 1. The minimum absolute atomic E-state index is 0.153. The number of rotatable bonds is 5. The summed E-state index contributed by atoms with van der Waals surface area (Å²) >= 11 is 12.0. The molecular formula is C23H24Cl2N2O. The number of carbonyl (C=O) groups excluding carboxylic acids is 1. The summed E-state index contributed by atoms with van der Waals surface area (Å²) in [5, 5.41) is 5.23. The molecule has 1 amide bonds. The number of carbonyl (C=O) groups is 1. The van der Waals surface area contributed by atoms with Crippen LogP contribution in [0.2, 0.25) is 10.0 Å². The lowest BCUT2D eigenvalue weighted by molar-refractivity contribution is 0.0952. The molecule has 1 aliphatic rings. The average Bonchev–Trinajstić information content (AvgIpc) is 3.00. The van der Waals surface area contributed by atoms with Gasteiger partial charge in [-0.3, -0.25) is 4.79 Å². The van der Waals surface area contributed by atoms with Gasteiger partial charge in [0.05, 0.1) is 10.6 Å². The SMILES string of the molecule is Cc1[nH]c2ccccc2c1[C@H]1[C@@H](CCNC(=O)c2ccc(Cl)cc2Cl)C1(C)C. The first kappa shape index (κ1) is 19.4. The molecule has 0 radical (unpaired) electrons. The molecule has 0 spiro atoms. The van der Waals surface area contributed by atoms with Crippen LogP contribution >= 0.6 is 23.2 Å². The lowest BCUT2D eigenvalue weighted by Crippen LogP contribution is -2.25. The second-order valence-electron chi connectivity index (χ2n) is 8.28. The van der Waals surface area contributed by atoms with Crippen LogP contribution in [0, 0.1) is 18.3 Å². The Hall–Kier alpha value is -1.97. The molecule has 1 aliphatic carbocycles. The molecule has 2 N–H and O–H groups in total. The van der Waals surface area contributed by atoms with Gasteiger partial charge in [-0.25, -0.2) is 0 Å². The van der Waals surface area contributed by atoms with E-state index in [-0.39, 0.29) is 11.3 Å². The lowest BCUT2D eigenvalue weighted by Gasteiger charge is -2.07. The molecule has 1 saturated carbocycles. The molecule has 4 rings (SSSR count). The van der Waals surface area contributed by atoms with Gasteiger partial charge in [0.1, 0.15) is 0 Å². The van der Waals surface area contributed by atoms with E-state index in [1.807, 2.05) is 0 Å². The van der Waals surface area contributed by atoms with Gasteiger partial charge in [-0.05, 0) is 60.4 Å². The van der Waals surface area contributed by atoms with Gasteiger partial charge in [-0.1, -0.05) is 55.2 Å². The van der Waals surface area contributed by atoms with Crippen LogP contribution < -0.4 is 5.32 Å². The highest BCUT2D eigenvalue weighted by atomic mass is 35.5. The molecule has 0 saturated heterocycles. The van der Waals surface area contributed by atoms with Gasteiger partial charge in [0.25, 0.3) is 5.91 Å². The summed E-state index contributed by atoms with van der Waals surface area (Å²) in [5.74, 6) is 0.881. The van der Waals surface area contributed by atoms with Crippen molar-refractivity contribution in [1.82, 2.24) is 10.3 Å². The Bertz CT molecular complexity index is 1050. The van der Waals surface area contributed by atoms with Crippen molar-refractivity contribution >= 4 is 40.0 Å². The predicted molar refractivity (Wildman–Crippen MR) is 116 cm³/mol. The van der Waals surface area contributed by atoms with Crippen molar-refractivity contribution in [3.63, 3.8) is 0 Å². The van der Waals surface area contributed by atoms with Gasteiger partial charge in [-0.15, -0.1) is 0 Å². The van der Waals surface area contributed by atoms with E-state index in [2.05, 4.69) is 55.3 Å². The summed E-state index contributed by atoms with van der Waals surface area (Å²) < 4.78 is 0. The fourth-order valence-electron chi connectivity index (χ4n) is 4.67. The van der Waals surface area contributed by atoms with Crippen molar-refractivity contribution in [2.24, 2.45) is 11.3 Å². The molecular weight excluding hydrogens is 391 g/mol. The maximum absolute atomic E-state index is 12.4. The number of aromatic amines is 1. The number of aryl methyl sites for hydroxylation is 1. The number of amides is 1. The third kappa shape index (κ3) is 3.31. The van der Waals surface area contributed by atoms with Crippen LogP contribution in [0.3, 0.4) is 0 Å². The smallest absolute Gasteiger partial charge is 0.252 e. The summed E-state index contributed by atoms with van der Waals surface area (Å²) in [6, 6.07) is 13.4. The third-order valence-corrected chi connectivity index (χ3v) is 6.77. The molecule has 0 aliphatic heterocycles. The Labute approximate surface area is 175 Å². The molecule has 0 unspecified atom stereocenters. The number of H-pyrrole nitrogens is 1. The number of para-hydroxylation sites is 1. The molecule has 5 heteroatoms. The summed E-state index contributed by atoms with van der Waals surface area (Å²) in [4.78, 5) is 16.0. The fraction of sp³-hybridized carbons (Fsp3) is 0.348. The number of halogens is 2. The summed E-state index contributed by atoms with van der Waals surface area (Å²) in [6.07, 6.45) is 0.938. The van der Waals surface area contributed by atoms with Crippen molar-refractivity contribution in [3.8, 4) is 0 Å². The fourth-order valence-corrected chi connectivity index (χ4v) is 5.16. The van der Waals surface area contributed by atoms with E-state index in [9.17, 15) is 4.79 Å². The summed E-state index contributed by atoms with van der Waals surface area (Å²) in [6.45, 7) is 7.43. The number of benzene rings is 2. The zero-order valence-corrected chi connectivity index (χ0v) is 17.8. The third-order valence-electron chi connectivity index (χ3n) is 6.22. The van der Waals surface area contributed by atoms with Crippen LogP contribution in [0.15, 0.2) is 42.5 Å². The maximum Gasteiger partial charge on any atom is 0.252 e. The van der Waals surface area contributed by atoms with Crippen LogP contribution in [0.4, 0.5) is 0 Å². The standard InChI is InChI=1S/C23H24Cl2N2O/c1-13-20(16-6-4-5-7-19(16)27-13)21-17(23(21,2)3)10-11-26-22(28)15-9-8-14(24)12-18(15)25/h4-9,12,17,21,27H,10-11H2,1-3H3,(H,26,28)/t17-,21-/m1/s1. The minimum atomic E-state index is -0.153. The predicted octanol–water partition coefficient (Wildman–Crippen LogP) is 6.34. The largest absolute Gasteiger partial charge is 0.358 e. The highest BCUT2D eigenvalue weighted by Gasteiger charge is 2.58. The molecule has 1 fully saturated rings. The van der Waals surface area contributed by atoms with Crippen molar-refractivity contribution in [2.75, 3.05) is 6.54 Å².